The van der Waals surface area contributed by atoms with Crippen LogP contribution in [0.25, 0.3) is 0 Å². The molecular formula is C21H15ClF2N2. The summed E-state index contributed by atoms with van der Waals surface area (Å²) in [5.41, 5.74) is 3.03. The first kappa shape index (κ1) is 16.7. The lowest BCUT2D eigenvalue weighted by molar-refractivity contribution is 0.573. The van der Waals surface area contributed by atoms with Crippen LogP contribution >= 0.6 is 11.6 Å². The van der Waals surface area contributed by atoms with Gasteiger partial charge in [0.05, 0.1) is 17.4 Å². The second kappa shape index (κ2) is 6.89. The monoisotopic (exact) mass is 368 g/mol. The van der Waals surface area contributed by atoms with Gasteiger partial charge in [0.15, 0.2) is 5.82 Å². The molecule has 0 N–H and O–H groups in total. The first-order valence-electron chi connectivity index (χ1n) is 8.24. The molecule has 0 fully saturated rings. The highest BCUT2D eigenvalue weighted by atomic mass is 35.5. The van der Waals surface area contributed by atoms with E-state index >= 15 is 0 Å². The van der Waals surface area contributed by atoms with Crippen LogP contribution in [-0.4, -0.2) is 5.71 Å². The maximum atomic E-state index is 14.4. The summed E-state index contributed by atoms with van der Waals surface area (Å²) in [6.45, 7) is 0. The third kappa shape index (κ3) is 3.20. The summed E-state index contributed by atoms with van der Waals surface area (Å²) >= 11 is 5.97. The number of benzene rings is 3. The zero-order chi connectivity index (χ0) is 18.1. The summed E-state index contributed by atoms with van der Waals surface area (Å²) < 4.78 is 27.7. The fourth-order valence-electron chi connectivity index (χ4n) is 3.15. The Labute approximate surface area is 155 Å². The molecule has 1 heterocycles. The van der Waals surface area contributed by atoms with Gasteiger partial charge in [-0.2, -0.15) is 5.10 Å². The second-order valence-electron chi connectivity index (χ2n) is 6.12. The van der Waals surface area contributed by atoms with Gasteiger partial charge in [-0.15, -0.1) is 0 Å². The molecule has 0 saturated carbocycles. The van der Waals surface area contributed by atoms with Crippen LogP contribution in [0.2, 0.25) is 5.02 Å². The van der Waals surface area contributed by atoms with E-state index in [9.17, 15) is 8.78 Å². The van der Waals surface area contributed by atoms with E-state index in [4.69, 9.17) is 11.6 Å². The maximum absolute atomic E-state index is 14.4. The number of rotatable bonds is 3. The minimum absolute atomic E-state index is 0.165. The summed E-state index contributed by atoms with van der Waals surface area (Å²) in [6.07, 6.45) is 0.614. The highest BCUT2D eigenvalue weighted by molar-refractivity contribution is 6.30. The summed E-state index contributed by atoms with van der Waals surface area (Å²) in [6, 6.07) is 20.6. The van der Waals surface area contributed by atoms with Crippen molar-refractivity contribution in [3.63, 3.8) is 0 Å². The molecule has 130 valence electrons. The van der Waals surface area contributed by atoms with Crippen molar-refractivity contribution in [1.29, 1.82) is 0 Å². The highest BCUT2D eigenvalue weighted by Crippen LogP contribution is 2.38. The first-order chi connectivity index (χ1) is 12.6. The molecule has 0 radical (unpaired) electrons. The van der Waals surface area contributed by atoms with Crippen LogP contribution in [-0.2, 0) is 0 Å². The normalized spacial score (nSPS) is 16.7. The molecule has 1 unspecified atom stereocenters. The average molecular weight is 369 g/mol. The molecule has 4 rings (SSSR count). The molecule has 0 aliphatic carbocycles. The predicted molar refractivity (Wildman–Crippen MR) is 101 cm³/mol. The van der Waals surface area contributed by atoms with Gasteiger partial charge in [-0.1, -0.05) is 54.1 Å². The number of anilines is 1. The van der Waals surface area contributed by atoms with Gasteiger partial charge in [0, 0.05) is 17.5 Å². The zero-order valence-corrected chi connectivity index (χ0v) is 14.5. The SMILES string of the molecule is Fc1ccc(N2N=C(c3ccc(Cl)cc3)CC2c2ccccc2)c(F)c1. The third-order valence-corrected chi connectivity index (χ3v) is 4.68. The minimum atomic E-state index is -0.632. The van der Waals surface area contributed by atoms with Crippen molar-refractivity contribution < 1.29 is 8.78 Å². The molecule has 5 heteroatoms. The van der Waals surface area contributed by atoms with Crippen LogP contribution in [0.15, 0.2) is 77.9 Å². The van der Waals surface area contributed by atoms with Gasteiger partial charge in [-0.3, -0.25) is 5.01 Å². The number of hydrogen-bond donors (Lipinski definition) is 0. The van der Waals surface area contributed by atoms with E-state index < -0.39 is 11.6 Å². The van der Waals surface area contributed by atoms with E-state index in [2.05, 4.69) is 5.10 Å². The maximum Gasteiger partial charge on any atom is 0.151 e. The molecule has 26 heavy (non-hydrogen) atoms. The smallest absolute Gasteiger partial charge is 0.151 e. The summed E-state index contributed by atoms with van der Waals surface area (Å²) in [7, 11) is 0. The van der Waals surface area contributed by atoms with E-state index in [0.29, 0.717) is 11.4 Å². The molecule has 0 amide bonds. The molecule has 0 saturated heterocycles. The van der Waals surface area contributed by atoms with Crippen LogP contribution < -0.4 is 5.01 Å². The van der Waals surface area contributed by atoms with Crippen LogP contribution in [0.1, 0.15) is 23.6 Å². The van der Waals surface area contributed by atoms with Gasteiger partial charge in [-0.25, -0.2) is 8.78 Å². The van der Waals surface area contributed by atoms with E-state index in [0.717, 1.165) is 22.9 Å². The molecule has 0 spiro atoms. The Bertz CT molecular complexity index is 956. The van der Waals surface area contributed by atoms with Crippen LogP contribution in [0.3, 0.4) is 0 Å². The van der Waals surface area contributed by atoms with Gasteiger partial charge in [0.2, 0.25) is 0 Å². The second-order valence-corrected chi connectivity index (χ2v) is 6.56. The molecule has 0 bridgehead atoms. The van der Waals surface area contributed by atoms with E-state index in [1.807, 2.05) is 42.5 Å². The van der Waals surface area contributed by atoms with Gasteiger partial charge < -0.3 is 0 Å². The van der Waals surface area contributed by atoms with Crippen molar-refractivity contribution in [2.24, 2.45) is 5.10 Å². The molecule has 3 aromatic rings. The Morgan fingerprint density at radius 2 is 1.65 bits per heavy atom. The van der Waals surface area contributed by atoms with Gasteiger partial charge in [0.1, 0.15) is 5.82 Å². The number of nitrogens with zero attached hydrogens (tertiary/aromatic N) is 2. The number of hydrogen-bond acceptors (Lipinski definition) is 2. The number of hydrazone groups is 1. The summed E-state index contributed by atoms with van der Waals surface area (Å²) in [5, 5.41) is 6.93. The Balaban J connectivity index is 1.78. The Morgan fingerprint density at radius 1 is 0.923 bits per heavy atom. The minimum Gasteiger partial charge on any atom is -0.254 e. The average Bonchev–Trinajstić information content (AvgIpc) is 3.08. The lowest BCUT2D eigenvalue weighted by atomic mass is 9.98. The Hall–Kier alpha value is -2.72. The largest absolute Gasteiger partial charge is 0.254 e. The van der Waals surface area contributed by atoms with Crippen LogP contribution in [0, 0.1) is 11.6 Å². The zero-order valence-electron chi connectivity index (χ0n) is 13.7. The van der Waals surface area contributed by atoms with Crippen molar-refractivity contribution in [3.8, 4) is 0 Å². The Kier molecular flexibility index (Phi) is 4.43. The topological polar surface area (TPSA) is 15.6 Å². The quantitative estimate of drug-likeness (QED) is 0.555. The fraction of sp³-hybridized carbons (Fsp3) is 0.0952. The molecule has 1 aliphatic heterocycles. The van der Waals surface area contributed by atoms with E-state index in [1.165, 1.54) is 12.1 Å². The standard InChI is InChI=1S/C21H15ClF2N2/c22-16-8-6-14(7-9-16)19-13-21(15-4-2-1-3-5-15)26(25-19)20-11-10-17(23)12-18(20)24/h1-12,21H,13H2. The van der Waals surface area contributed by atoms with Crippen molar-refractivity contribution in [3.05, 3.63) is 101 Å². The molecular weight excluding hydrogens is 354 g/mol. The number of halogens is 3. The molecule has 3 aromatic carbocycles. The van der Waals surface area contributed by atoms with Crippen LogP contribution in [0.5, 0.6) is 0 Å². The van der Waals surface area contributed by atoms with Crippen molar-refractivity contribution in [2.75, 3.05) is 5.01 Å². The van der Waals surface area contributed by atoms with Gasteiger partial charge in [-0.05, 0) is 35.4 Å². The fourth-order valence-corrected chi connectivity index (χ4v) is 3.28. The van der Waals surface area contributed by atoms with E-state index in [-0.39, 0.29) is 11.7 Å². The summed E-state index contributed by atoms with van der Waals surface area (Å²) in [4.78, 5) is 0. The Morgan fingerprint density at radius 3 is 2.35 bits per heavy atom. The van der Waals surface area contributed by atoms with Gasteiger partial charge in [0.25, 0.3) is 0 Å². The van der Waals surface area contributed by atoms with Crippen molar-refractivity contribution in [1.82, 2.24) is 0 Å². The van der Waals surface area contributed by atoms with Crippen molar-refractivity contribution >= 4 is 23.0 Å². The predicted octanol–water partition coefficient (Wildman–Crippen LogP) is 5.97. The molecule has 2 nitrogen and oxygen atoms in total. The lowest BCUT2D eigenvalue weighted by Gasteiger charge is -2.24. The van der Waals surface area contributed by atoms with Gasteiger partial charge >= 0.3 is 0 Å². The van der Waals surface area contributed by atoms with Crippen LogP contribution in [0.4, 0.5) is 14.5 Å². The first-order valence-corrected chi connectivity index (χ1v) is 8.62. The highest BCUT2D eigenvalue weighted by Gasteiger charge is 2.31. The van der Waals surface area contributed by atoms with E-state index in [1.54, 1.807) is 17.1 Å². The third-order valence-electron chi connectivity index (χ3n) is 4.43. The molecule has 1 atom stereocenters. The molecule has 1 aliphatic rings. The lowest BCUT2D eigenvalue weighted by Crippen LogP contribution is -2.19. The van der Waals surface area contributed by atoms with Crippen molar-refractivity contribution in [2.45, 2.75) is 12.5 Å². The summed E-state index contributed by atoms with van der Waals surface area (Å²) in [5.74, 6) is -1.24. The molecule has 0 aromatic heterocycles.